The fourth-order valence-corrected chi connectivity index (χ4v) is 4.00. The van der Waals surface area contributed by atoms with Crippen LogP contribution in [-0.4, -0.2) is 16.1 Å². The molecular formula is C26H30N2O2. The van der Waals surface area contributed by atoms with Crippen molar-refractivity contribution in [2.45, 2.75) is 47.6 Å². The maximum absolute atomic E-state index is 11.7. The second-order valence-corrected chi connectivity index (χ2v) is 8.38. The van der Waals surface area contributed by atoms with E-state index in [9.17, 15) is 9.90 Å². The van der Waals surface area contributed by atoms with Crippen LogP contribution in [0.25, 0.3) is 22.4 Å². The quantitative estimate of drug-likeness (QED) is 0.555. The van der Waals surface area contributed by atoms with E-state index in [-0.39, 0.29) is 0 Å². The highest BCUT2D eigenvalue weighted by molar-refractivity contribution is 5.92. The third kappa shape index (κ3) is 4.29. The first-order valence-electron chi connectivity index (χ1n) is 10.4. The molecule has 0 radical (unpaired) electrons. The van der Waals surface area contributed by atoms with E-state index in [1.54, 1.807) is 6.07 Å². The molecule has 0 unspecified atom stereocenters. The van der Waals surface area contributed by atoms with E-state index in [2.05, 4.69) is 51.1 Å². The number of hydrogen-bond acceptors (Lipinski definition) is 3. The number of benzene rings is 2. The van der Waals surface area contributed by atoms with Gasteiger partial charge in [-0.2, -0.15) is 0 Å². The van der Waals surface area contributed by atoms with Gasteiger partial charge in [0.25, 0.3) is 0 Å². The Labute approximate surface area is 178 Å². The Morgan fingerprint density at radius 1 is 1.07 bits per heavy atom. The Hall–Kier alpha value is -2.98. The number of carboxylic acid groups (broad SMARTS) is 1. The summed E-state index contributed by atoms with van der Waals surface area (Å²) in [5.74, 6) is -0.495. The summed E-state index contributed by atoms with van der Waals surface area (Å²) in [5.41, 5.74) is 15.3. The molecule has 4 nitrogen and oxygen atoms in total. The number of hydrogen-bond donors (Lipinski definition) is 2. The van der Waals surface area contributed by atoms with E-state index in [0.29, 0.717) is 18.0 Å². The minimum Gasteiger partial charge on any atom is -0.478 e. The fraction of sp³-hybridized carbons (Fsp3) is 0.308. The van der Waals surface area contributed by atoms with Crippen LogP contribution in [0.1, 0.15) is 52.2 Å². The van der Waals surface area contributed by atoms with Gasteiger partial charge in [-0.3, -0.25) is 4.98 Å². The van der Waals surface area contributed by atoms with Gasteiger partial charge in [0.2, 0.25) is 0 Å². The summed E-state index contributed by atoms with van der Waals surface area (Å²) in [7, 11) is 0. The molecule has 0 saturated carbocycles. The third-order valence-electron chi connectivity index (χ3n) is 5.54. The molecule has 0 fully saturated rings. The van der Waals surface area contributed by atoms with Crippen molar-refractivity contribution in [3.63, 3.8) is 0 Å². The predicted molar refractivity (Wildman–Crippen MR) is 123 cm³/mol. The first-order chi connectivity index (χ1) is 14.2. The number of carboxylic acids is 1. The molecule has 30 heavy (non-hydrogen) atoms. The molecule has 4 heteroatoms. The number of pyridine rings is 1. The van der Waals surface area contributed by atoms with Gasteiger partial charge in [-0.1, -0.05) is 49.7 Å². The topological polar surface area (TPSA) is 76.2 Å². The van der Waals surface area contributed by atoms with Crippen LogP contribution < -0.4 is 5.73 Å². The summed E-state index contributed by atoms with van der Waals surface area (Å²) in [6.45, 7) is 10.7. The van der Waals surface area contributed by atoms with E-state index in [1.807, 2.05) is 19.9 Å². The van der Waals surface area contributed by atoms with Crippen LogP contribution in [-0.2, 0) is 13.0 Å². The molecule has 0 amide bonds. The summed E-state index contributed by atoms with van der Waals surface area (Å²) < 4.78 is 0. The monoisotopic (exact) mass is 402 g/mol. The zero-order chi connectivity index (χ0) is 22.0. The minimum atomic E-state index is -0.923. The zero-order valence-corrected chi connectivity index (χ0v) is 18.4. The first-order valence-corrected chi connectivity index (χ1v) is 10.4. The van der Waals surface area contributed by atoms with Gasteiger partial charge in [0.05, 0.1) is 11.3 Å². The molecule has 0 aliphatic carbocycles. The van der Waals surface area contributed by atoms with Gasteiger partial charge in [0.15, 0.2) is 0 Å². The SMILES string of the molecule is Cc1ccc(-c2cc(-c3c(C)ccc(C(=O)O)c3C)nc(CC(C)C)c2CN)cc1. The fourth-order valence-electron chi connectivity index (χ4n) is 4.00. The number of nitrogens with zero attached hydrogens (tertiary/aromatic N) is 1. The lowest BCUT2D eigenvalue weighted by Gasteiger charge is -2.19. The van der Waals surface area contributed by atoms with E-state index < -0.39 is 5.97 Å². The van der Waals surface area contributed by atoms with Crippen molar-refractivity contribution in [2.75, 3.05) is 0 Å². The lowest BCUT2D eigenvalue weighted by Crippen LogP contribution is -2.11. The first kappa shape index (κ1) is 21.7. The lowest BCUT2D eigenvalue weighted by molar-refractivity contribution is 0.0696. The highest BCUT2D eigenvalue weighted by Gasteiger charge is 2.19. The van der Waals surface area contributed by atoms with Gasteiger partial charge in [-0.05, 0) is 73.1 Å². The molecule has 156 valence electrons. The predicted octanol–water partition coefficient (Wildman–Crippen LogP) is 5.70. The van der Waals surface area contributed by atoms with E-state index in [1.165, 1.54) is 5.56 Å². The van der Waals surface area contributed by atoms with Crippen molar-refractivity contribution in [2.24, 2.45) is 11.7 Å². The number of aryl methyl sites for hydroxylation is 2. The normalized spacial score (nSPS) is 11.2. The Morgan fingerprint density at radius 3 is 2.30 bits per heavy atom. The lowest BCUT2D eigenvalue weighted by atomic mass is 9.90. The molecule has 0 bridgehead atoms. The maximum atomic E-state index is 11.7. The van der Waals surface area contributed by atoms with Crippen LogP contribution in [0.2, 0.25) is 0 Å². The largest absolute Gasteiger partial charge is 0.478 e. The molecule has 0 saturated heterocycles. The molecule has 1 aromatic heterocycles. The van der Waals surface area contributed by atoms with Gasteiger partial charge in [-0.15, -0.1) is 0 Å². The number of aromatic nitrogens is 1. The second kappa shape index (κ2) is 8.80. The molecule has 3 rings (SSSR count). The highest BCUT2D eigenvalue weighted by Crippen LogP contribution is 2.35. The van der Waals surface area contributed by atoms with Crippen LogP contribution in [0.3, 0.4) is 0 Å². The Kier molecular flexibility index (Phi) is 6.37. The summed E-state index contributed by atoms with van der Waals surface area (Å²) in [6.07, 6.45) is 0.815. The van der Waals surface area contributed by atoms with Crippen molar-refractivity contribution in [3.8, 4) is 22.4 Å². The maximum Gasteiger partial charge on any atom is 0.335 e. The molecule has 0 aliphatic rings. The van der Waals surface area contributed by atoms with Crippen molar-refractivity contribution in [3.05, 3.63) is 76.0 Å². The molecule has 2 aromatic carbocycles. The number of carbonyl (C=O) groups is 1. The average molecular weight is 403 g/mol. The standard InChI is InChI=1S/C26H30N2O2/c1-15(2)12-23-22(14-27)21(19-9-6-16(3)7-10-19)13-24(28-23)25-17(4)8-11-20(18(25)5)26(29)30/h6-11,13,15H,12,14,27H2,1-5H3,(H,29,30). The van der Waals surface area contributed by atoms with Crippen molar-refractivity contribution < 1.29 is 9.90 Å². The Bertz CT molecular complexity index is 1080. The smallest absolute Gasteiger partial charge is 0.335 e. The number of rotatable bonds is 6. The molecule has 0 atom stereocenters. The number of nitrogens with two attached hydrogens (primary N) is 1. The summed E-state index contributed by atoms with van der Waals surface area (Å²) in [4.78, 5) is 16.7. The molecule has 3 N–H and O–H groups in total. The van der Waals surface area contributed by atoms with Gasteiger partial charge in [-0.25, -0.2) is 4.79 Å². The van der Waals surface area contributed by atoms with Crippen LogP contribution in [0.15, 0.2) is 42.5 Å². The summed E-state index contributed by atoms with van der Waals surface area (Å²) in [6, 6.07) is 14.0. The highest BCUT2D eigenvalue weighted by atomic mass is 16.4. The van der Waals surface area contributed by atoms with E-state index in [4.69, 9.17) is 10.7 Å². The molecule has 3 aromatic rings. The van der Waals surface area contributed by atoms with Crippen molar-refractivity contribution in [1.29, 1.82) is 0 Å². The van der Waals surface area contributed by atoms with Gasteiger partial charge < -0.3 is 10.8 Å². The van der Waals surface area contributed by atoms with Crippen LogP contribution in [0.4, 0.5) is 0 Å². The summed E-state index contributed by atoms with van der Waals surface area (Å²) >= 11 is 0. The Morgan fingerprint density at radius 2 is 1.73 bits per heavy atom. The van der Waals surface area contributed by atoms with Gasteiger partial charge >= 0.3 is 5.97 Å². The second-order valence-electron chi connectivity index (χ2n) is 8.38. The van der Waals surface area contributed by atoms with Crippen LogP contribution in [0, 0.1) is 26.7 Å². The third-order valence-corrected chi connectivity index (χ3v) is 5.54. The van der Waals surface area contributed by atoms with Crippen LogP contribution >= 0.6 is 0 Å². The van der Waals surface area contributed by atoms with Gasteiger partial charge in [0.1, 0.15) is 0 Å². The van der Waals surface area contributed by atoms with Crippen LogP contribution in [0.5, 0.6) is 0 Å². The molecule has 0 spiro atoms. The van der Waals surface area contributed by atoms with E-state index >= 15 is 0 Å². The Balaban J connectivity index is 2.34. The molecule has 1 heterocycles. The summed E-state index contributed by atoms with van der Waals surface area (Å²) in [5, 5.41) is 9.61. The zero-order valence-electron chi connectivity index (χ0n) is 18.4. The number of aromatic carboxylic acids is 1. The molecular weight excluding hydrogens is 372 g/mol. The van der Waals surface area contributed by atoms with Gasteiger partial charge in [0, 0.05) is 17.8 Å². The van der Waals surface area contributed by atoms with E-state index in [0.717, 1.165) is 51.2 Å². The van der Waals surface area contributed by atoms with Crippen molar-refractivity contribution in [1.82, 2.24) is 4.98 Å². The minimum absolute atomic E-state index is 0.308. The molecule has 0 aliphatic heterocycles. The average Bonchev–Trinajstić information content (AvgIpc) is 2.67. The van der Waals surface area contributed by atoms with Crippen molar-refractivity contribution >= 4 is 5.97 Å².